The van der Waals surface area contributed by atoms with Gasteiger partial charge in [-0.2, -0.15) is 0 Å². The molecule has 0 radical (unpaired) electrons. The summed E-state index contributed by atoms with van der Waals surface area (Å²) in [7, 11) is 3.73. The van der Waals surface area contributed by atoms with Crippen LogP contribution < -0.4 is 10.1 Å². The van der Waals surface area contributed by atoms with E-state index in [1.165, 1.54) is 17.4 Å². The third-order valence-corrected chi connectivity index (χ3v) is 9.07. The molecule has 1 saturated carbocycles. The highest BCUT2D eigenvalue weighted by Gasteiger charge is 2.29. The molecule has 37 heavy (non-hydrogen) atoms. The highest BCUT2D eigenvalue weighted by Crippen LogP contribution is 2.43. The molecule has 1 fully saturated rings. The van der Waals surface area contributed by atoms with Crippen LogP contribution in [0.25, 0.3) is 26.9 Å². The first-order valence-corrected chi connectivity index (χ1v) is 13.8. The Kier molecular flexibility index (Phi) is 7.79. The Morgan fingerprint density at radius 1 is 1.16 bits per heavy atom. The van der Waals surface area contributed by atoms with Gasteiger partial charge in [0.2, 0.25) is 0 Å². The number of fused-ring (bicyclic) bond motifs is 1. The maximum atomic E-state index is 14.7. The van der Waals surface area contributed by atoms with Gasteiger partial charge in [-0.15, -0.1) is 11.3 Å². The van der Waals surface area contributed by atoms with E-state index in [0.717, 1.165) is 63.4 Å². The average Bonchev–Trinajstić information content (AvgIpc) is 3.29. The second-order valence-corrected chi connectivity index (χ2v) is 10.9. The Hall–Kier alpha value is -2.93. The van der Waals surface area contributed by atoms with Crippen molar-refractivity contribution < 1.29 is 9.13 Å². The molecule has 4 aromatic rings. The fourth-order valence-corrected chi connectivity index (χ4v) is 6.87. The summed E-state index contributed by atoms with van der Waals surface area (Å²) >= 11 is 8.29. The predicted octanol–water partition coefficient (Wildman–Crippen LogP) is 7.77. The lowest BCUT2D eigenvalue weighted by atomic mass is 9.89. The quantitative estimate of drug-likeness (QED) is 0.250. The first kappa shape index (κ1) is 25.7. The number of hydrogen-bond acceptors (Lipinski definition) is 5. The summed E-state index contributed by atoms with van der Waals surface area (Å²) in [5.41, 5.74) is 4.01. The monoisotopic (exact) mass is 535 g/mol. The molecule has 0 amide bonds. The van der Waals surface area contributed by atoms with E-state index in [1.54, 1.807) is 19.4 Å². The Balaban J connectivity index is 1.54. The molecule has 7 heteroatoms. The molecule has 192 valence electrons. The topological polar surface area (TPSA) is 37.4 Å². The van der Waals surface area contributed by atoms with Crippen molar-refractivity contribution in [3.05, 3.63) is 88.8 Å². The van der Waals surface area contributed by atoms with Gasteiger partial charge in [-0.25, -0.2) is 4.39 Å². The van der Waals surface area contributed by atoms with Gasteiger partial charge >= 0.3 is 0 Å². The summed E-state index contributed by atoms with van der Waals surface area (Å²) in [5, 5.41) is 4.33. The van der Waals surface area contributed by atoms with Crippen molar-refractivity contribution in [3.63, 3.8) is 0 Å². The zero-order valence-electron chi connectivity index (χ0n) is 21.1. The molecule has 4 nitrogen and oxygen atoms in total. The first-order valence-electron chi connectivity index (χ1n) is 12.6. The Bertz CT molecular complexity index is 1400. The second-order valence-electron chi connectivity index (χ2n) is 9.50. The van der Waals surface area contributed by atoms with Gasteiger partial charge in [-0.1, -0.05) is 36.4 Å². The van der Waals surface area contributed by atoms with Crippen LogP contribution in [0.1, 0.15) is 36.1 Å². The van der Waals surface area contributed by atoms with Crippen molar-refractivity contribution in [2.45, 2.75) is 44.3 Å². The molecule has 0 aliphatic heterocycles. The smallest absolute Gasteiger partial charge is 0.133 e. The summed E-state index contributed by atoms with van der Waals surface area (Å²) in [4.78, 5) is 7.45. The molecule has 0 unspecified atom stereocenters. The van der Waals surface area contributed by atoms with Gasteiger partial charge in [0.05, 0.1) is 17.0 Å². The van der Waals surface area contributed by atoms with Gasteiger partial charge in [0.25, 0.3) is 0 Å². The van der Waals surface area contributed by atoms with E-state index < -0.39 is 0 Å². The molecule has 0 atom stereocenters. The van der Waals surface area contributed by atoms with Crippen molar-refractivity contribution in [2.24, 2.45) is 0 Å². The van der Waals surface area contributed by atoms with E-state index in [1.807, 2.05) is 31.4 Å². The highest BCUT2D eigenvalue weighted by atomic mass is 35.5. The van der Waals surface area contributed by atoms with Gasteiger partial charge in [-0.05, 0) is 68.6 Å². The molecule has 0 saturated heterocycles. The van der Waals surface area contributed by atoms with Crippen LogP contribution in [-0.2, 0) is 6.54 Å². The average molecular weight is 536 g/mol. The number of nitrogens with zero attached hydrogens (tertiary/aromatic N) is 2. The minimum absolute atomic E-state index is 0.287. The van der Waals surface area contributed by atoms with Crippen molar-refractivity contribution >= 4 is 38.7 Å². The first-order chi connectivity index (χ1) is 18.0. The minimum atomic E-state index is -0.301. The van der Waals surface area contributed by atoms with E-state index in [-0.39, 0.29) is 11.9 Å². The maximum absolute atomic E-state index is 14.7. The zero-order chi connectivity index (χ0) is 25.9. The number of hydrogen-bond donors (Lipinski definition) is 1. The molecule has 2 heterocycles. The number of thiophene rings is 1. The summed E-state index contributed by atoms with van der Waals surface area (Å²) in [6.45, 7) is 5.13. The molecule has 0 spiro atoms. The lowest BCUT2D eigenvalue weighted by Crippen LogP contribution is -2.40. The molecule has 1 aliphatic carbocycles. The molecule has 1 N–H and O–H groups in total. The molecule has 2 aromatic heterocycles. The zero-order valence-corrected chi connectivity index (χ0v) is 22.7. The van der Waals surface area contributed by atoms with Crippen LogP contribution in [-0.4, -0.2) is 36.1 Å². The minimum Gasteiger partial charge on any atom is -0.496 e. The van der Waals surface area contributed by atoms with Crippen molar-refractivity contribution in [3.8, 4) is 16.9 Å². The number of pyridine rings is 1. The lowest BCUT2D eigenvalue weighted by molar-refractivity contribution is 0.203. The third kappa shape index (κ3) is 5.24. The fraction of sp³-hybridized carbons (Fsp3) is 0.300. The van der Waals surface area contributed by atoms with Gasteiger partial charge in [0.15, 0.2) is 0 Å². The molecular weight excluding hydrogens is 505 g/mol. The second kappa shape index (κ2) is 11.2. The van der Waals surface area contributed by atoms with Gasteiger partial charge in [-0.3, -0.25) is 4.98 Å². The third-order valence-electron chi connectivity index (χ3n) is 7.38. The van der Waals surface area contributed by atoms with E-state index in [2.05, 4.69) is 40.0 Å². The fourth-order valence-electron chi connectivity index (χ4n) is 5.31. The Labute approximate surface area is 226 Å². The number of methoxy groups -OCH3 is 1. The number of halogens is 2. The number of aromatic nitrogens is 1. The normalized spacial score (nSPS) is 17.6. The number of rotatable bonds is 8. The summed E-state index contributed by atoms with van der Waals surface area (Å²) in [5.74, 6) is 0.521. The highest BCUT2D eigenvalue weighted by molar-refractivity contribution is 7.20. The van der Waals surface area contributed by atoms with Gasteiger partial charge < -0.3 is 15.0 Å². The van der Waals surface area contributed by atoms with Crippen LogP contribution in [0.5, 0.6) is 5.75 Å². The van der Waals surface area contributed by atoms with Crippen LogP contribution in [0, 0.1) is 5.82 Å². The van der Waals surface area contributed by atoms with Crippen molar-refractivity contribution in [1.82, 2.24) is 15.2 Å². The van der Waals surface area contributed by atoms with Crippen molar-refractivity contribution in [1.29, 1.82) is 0 Å². The molecule has 0 bridgehead atoms. The maximum Gasteiger partial charge on any atom is 0.133 e. The van der Waals surface area contributed by atoms with E-state index in [4.69, 9.17) is 16.3 Å². The largest absolute Gasteiger partial charge is 0.496 e. The Morgan fingerprint density at radius 3 is 2.65 bits per heavy atom. The number of nitrogens with one attached hydrogen (secondary N) is 1. The van der Waals surface area contributed by atoms with Gasteiger partial charge in [0.1, 0.15) is 11.6 Å². The summed E-state index contributed by atoms with van der Waals surface area (Å²) < 4.78 is 21.3. The lowest BCUT2D eigenvalue weighted by Gasteiger charge is -2.39. The van der Waals surface area contributed by atoms with Crippen LogP contribution in [0.15, 0.2) is 67.5 Å². The summed E-state index contributed by atoms with van der Waals surface area (Å²) in [6, 6.07) is 16.1. The van der Waals surface area contributed by atoms with Crippen LogP contribution in [0.2, 0.25) is 5.02 Å². The standard InChI is InChI=1S/C30H31ClFN3OS/c1-19(30-29(31)28-25(32)7-4-8-27(28)37-30)35(24-12-10-23(33-2)11-13-24)18-22-16-20(9-14-26(22)36-3)21-6-5-15-34-17-21/h4-9,14-17,23-24,33H,1,10-13,18H2,2-3H3/t23-,24-. The molecule has 2 aromatic carbocycles. The van der Waals surface area contributed by atoms with Crippen LogP contribution in [0.4, 0.5) is 4.39 Å². The Morgan fingerprint density at radius 2 is 1.97 bits per heavy atom. The molecule has 1 aliphatic rings. The molecule has 5 rings (SSSR count). The number of benzene rings is 2. The SMILES string of the molecule is C=C(c1sc2cccc(F)c2c1Cl)N(Cc1cc(-c2cccnc2)ccc1OC)[C@H]1CC[C@H](NC)CC1. The van der Waals surface area contributed by atoms with E-state index in [9.17, 15) is 4.39 Å². The van der Waals surface area contributed by atoms with Crippen LogP contribution >= 0.6 is 22.9 Å². The van der Waals surface area contributed by atoms with Gasteiger partial charge in [0, 0.05) is 57.9 Å². The predicted molar refractivity (Wildman–Crippen MR) is 153 cm³/mol. The number of ether oxygens (including phenoxy) is 1. The molecular formula is C30H31ClFN3OS. The summed E-state index contributed by atoms with van der Waals surface area (Å²) in [6.07, 6.45) is 7.89. The van der Waals surface area contributed by atoms with Crippen LogP contribution in [0.3, 0.4) is 0 Å². The van der Waals surface area contributed by atoms with Crippen molar-refractivity contribution in [2.75, 3.05) is 14.2 Å². The van der Waals surface area contributed by atoms with E-state index in [0.29, 0.717) is 23.0 Å². The van der Waals surface area contributed by atoms with E-state index >= 15 is 0 Å².